The van der Waals surface area contributed by atoms with Gasteiger partial charge in [0.25, 0.3) is 5.91 Å². The van der Waals surface area contributed by atoms with Gasteiger partial charge in [0.05, 0.1) is 11.8 Å². The van der Waals surface area contributed by atoms with Crippen LogP contribution < -0.4 is 15.8 Å². The molecule has 5 nitrogen and oxygen atoms in total. The minimum absolute atomic E-state index is 0.187. The number of fused-ring (bicyclic) bond motifs is 1. The predicted molar refractivity (Wildman–Crippen MR) is 110 cm³/mol. The molecule has 0 radical (unpaired) electrons. The Balaban J connectivity index is 1.58. The molecule has 0 spiro atoms. The summed E-state index contributed by atoms with van der Waals surface area (Å²) in [6.45, 7) is 0. The molecule has 0 aliphatic carbocycles. The van der Waals surface area contributed by atoms with E-state index >= 15 is 0 Å². The Hall–Kier alpha value is -3.38. The topological polar surface area (TPSA) is 77.2 Å². The first kappa shape index (κ1) is 17.1. The first-order chi connectivity index (χ1) is 13.1. The number of benzene rings is 3. The number of nitrogens with zero attached hydrogens (tertiary/aromatic N) is 1. The van der Waals surface area contributed by atoms with Gasteiger partial charge in [-0.3, -0.25) is 4.79 Å². The molecule has 3 aromatic carbocycles. The average Bonchev–Trinajstić information content (AvgIpc) is 3.08. The summed E-state index contributed by atoms with van der Waals surface area (Å²) in [5.74, 6) is 0.392. The number of ether oxygens (including phenoxy) is 1. The lowest BCUT2D eigenvalue weighted by Gasteiger charge is -2.09. The summed E-state index contributed by atoms with van der Waals surface area (Å²) >= 11 is 1.35. The van der Waals surface area contributed by atoms with E-state index in [0.717, 1.165) is 15.8 Å². The van der Waals surface area contributed by atoms with E-state index in [1.165, 1.54) is 11.3 Å². The Morgan fingerprint density at radius 3 is 2.44 bits per heavy atom. The van der Waals surface area contributed by atoms with Crippen molar-refractivity contribution >= 4 is 38.3 Å². The molecule has 0 bridgehead atoms. The fourth-order valence-electron chi connectivity index (χ4n) is 2.89. The standard InChI is InChI=1S/C21H17N3O2S/c1-26-17-11-16(12-18-19(17)24-21(22)27-18)23-20(25)15-9-7-14(8-10-15)13-5-3-2-4-6-13/h2-12H,1H3,(H2,22,24)(H,23,25). The van der Waals surface area contributed by atoms with Crippen LogP contribution in [0.4, 0.5) is 10.8 Å². The Morgan fingerprint density at radius 2 is 1.74 bits per heavy atom. The molecule has 0 atom stereocenters. The van der Waals surface area contributed by atoms with Gasteiger partial charge in [0.2, 0.25) is 0 Å². The van der Waals surface area contributed by atoms with E-state index in [0.29, 0.717) is 27.6 Å². The van der Waals surface area contributed by atoms with Crippen molar-refractivity contribution in [1.29, 1.82) is 0 Å². The van der Waals surface area contributed by atoms with Gasteiger partial charge in [-0.15, -0.1) is 0 Å². The molecule has 1 heterocycles. The molecule has 0 unspecified atom stereocenters. The molecule has 0 saturated heterocycles. The molecule has 1 amide bonds. The number of aromatic nitrogens is 1. The average molecular weight is 375 g/mol. The molecule has 0 saturated carbocycles. The number of nitrogens with one attached hydrogen (secondary N) is 1. The number of methoxy groups -OCH3 is 1. The van der Waals surface area contributed by atoms with Crippen LogP contribution in [0.5, 0.6) is 5.75 Å². The summed E-state index contributed by atoms with van der Waals surface area (Å²) in [4.78, 5) is 16.9. The number of anilines is 2. The lowest BCUT2D eigenvalue weighted by atomic mass is 10.0. The maximum Gasteiger partial charge on any atom is 0.255 e. The van der Waals surface area contributed by atoms with Crippen molar-refractivity contribution in [3.05, 3.63) is 72.3 Å². The number of carbonyl (C=O) groups excluding carboxylic acids is 1. The molecule has 4 rings (SSSR count). The van der Waals surface area contributed by atoms with Crippen LogP contribution in [0.3, 0.4) is 0 Å². The number of hydrogen-bond acceptors (Lipinski definition) is 5. The summed E-state index contributed by atoms with van der Waals surface area (Å²) < 4.78 is 6.23. The van der Waals surface area contributed by atoms with E-state index in [2.05, 4.69) is 10.3 Å². The van der Waals surface area contributed by atoms with E-state index in [9.17, 15) is 4.79 Å². The van der Waals surface area contributed by atoms with E-state index in [1.54, 1.807) is 13.2 Å². The summed E-state index contributed by atoms with van der Waals surface area (Å²) in [5, 5.41) is 3.37. The fourth-order valence-corrected chi connectivity index (χ4v) is 3.68. The maximum absolute atomic E-state index is 12.6. The predicted octanol–water partition coefficient (Wildman–Crippen LogP) is 4.81. The van der Waals surface area contributed by atoms with Gasteiger partial charge in [0, 0.05) is 17.3 Å². The third-order valence-corrected chi connectivity index (χ3v) is 5.04. The number of hydrogen-bond donors (Lipinski definition) is 2. The smallest absolute Gasteiger partial charge is 0.255 e. The van der Waals surface area contributed by atoms with Crippen molar-refractivity contribution in [2.45, 2.75) is 0 Å². The highest BCUT2D eigenvalue weighted by Crippen LogP contribution is 2.34. The number of nitrogens with two attached hydrogens (primary N) is 1. The minimum Gasteiger partial charge on any atom is -0.494 e. The monoisotopic (exact) mass is 375 g/mol. The Morgan fingerprint density at radius 1 is 1.04 bits per heavy atom. The molecular weight excluding hydrogens is 358 g/mol. The Kier molecular flexibility index (Phi) is 4.48. The van der Waals surface area contributed by atoms with Crippen LogP contribution in [-0.4, -0.2) is 18.0 Å². The summed E-state index contributed by atoms with van der Waals surface area (Å²) in [7, 11) is 1.57. The van der Waals surface area contributed by atoms with Crippen molar-refractivity contribution in [2.24, 2.45) is 0 Å². The van der Waals surface area contributed by atoms with Gasteiger partial charge in [0.15, 0.2) is 5.13 Å². The molecule has 134 valence electrons. The van der Waals surface area contributed by atoms with Gasteiger partial charge in [-0.05, 0) is 29.3 Å². The molecule has 4 aromatic rings. The number of amides is 1. The highest BCUT2D eigenvalue weighted by molar-refractivity contribution is 7.22. The van der Waals surface area contributed by atoms with Crippen molar-refractivity contribution in [2.75, 3.05) is 18.2 Å². The fraction of sp³-hybridized carbons (Fsp3) is 0.0476. The quantitative estimate of drug-likeness (QED) is 0.537. The normalized spacial score (nSPS) is 10.7. The second kappa shape index (κ2) is 7.09. The van der Waals surface area contributed by atoms with Crippen molar-refractivity contribution in [3.8, 4) is 16.9 Å². The van der Waals surface area contributed by atoms with Crippen LogP contribution in [0.25, 0.3) is 21.3 Å². The third kappa shape index (κ3) is 3.47. The van der Waals surface area contributed by atoms with E-state index in [1.807, 2.05) is 60.7 Å². The van der Waals surface area contributed by atoms with E-state index in [-0.39, 0.29) is 5.91 Å². The number of rotatable bonds is 4. The highest BCUT2D eigenvalue weighted by atomic mass is 32.1. The minimum atomic E-state index is -0.187. The van der Waals surface area contributed by atoms with Crippen LogP contribution >= 0.6 is 11.3 Å². The molecule has 27 heavy (non-hydrogen) atoms. The van der Waals surface area contributed by atoms with Gasteiger partial charge >= 0.3 is 0 Å². The third-order valence-electron chi connectivity index (χ3n) is 4.21. The molecule has 0 aliphatic heterocycles. The van der Waals surface area contributed by atoms with Gasteiger partial charge in [-0.1, -0.05) is 53.8 Å². The van der Waals surface area contributed by atoms with Gasteiger partial charge in [0.1, 0.15) is 11.3 Å². The second-order valence-corrected chi connectivity index (χ2v) is 7.04. The molecular formula is C21H17N3O2S. The largest absolute Gasteiger partial charge is 0.494 e. The first-order valence-corrected chi connectivity index (χ1v) is 9.16. The molecule has 6 heteroatoms. The van der Waals surface area contributed by atoms with E-state index < -0.39 is 0 Å². The SMILES string of the molecule is COc1cc(NC(=O)c2ccc(-c3ccccc3)cc2)cc2sc(N)nc12. The second-order valence-electron chi connectivity index (χ2n) is 5.97. The highest BCUT2D eigenvalue weighted by Gasteiger charge is 2.12. The number of nitrogen functional groups attached to an aromatic ring is 1. The number of thiazole rings is 1. The zero-order chi connectivity index (χ0) is 18.8. The van der Waals surface area contributed by atoms with Crippen LogP contribution in [0.1, 0.15) is 10.4 Å². The molecule has 3 N–H and O–H groups in total. The lowest BCUT2D eigenvalue weighted by Crippen LogP contribution is -2.11. The van der Waals surface area contributed by atoms with Crippen molar-refractivity contribution in [1.82, 2.24) is 4.98 Å². The lowest BCUT2D eigenvalue weighted by molar-refractivity contribution is 0.102. The van der Waals surface area contributed by atoms with Crippen molar-refractivity contribution < 1.29 is 9.53 Å². The molecule has 1 aromatic heterocycles. The molecule has 0 aliphatic rings. The van der Waals surface area contributed by atoms with Crippen LogP contribution in [-0.2, 0) is 0 Å². The Labute approximate surface area is 160 Å². The van der Waals surface area contributed by atoms with Crippen molar-refractivity contribution in [3.63, 3.8) is 0 Å². The van der Waals surface area contributed by atoms with E-state index in [4.69, 9.17) is 10.5 Å². The Bertz CT molecular complexity index is 1110. The van der Waals surface area contributed by atoms with Crippen LogP contribution in [0.15, 0.2) is 66.7 Å². The summed E-state index contributed by atoms with van der Waals surface area (Å²) in [6, 6.07) is 21.2. The number of carbonyl (C=O) groups is 1. The van der Waals surface area contributed by atoms with Crippen LogP contribution in [0.2, 0.25) is 0 Å². The molecule has 0 fully saturated rings. The van der Waals surface area contributed by atoms with Crippen LogP contribution in [0, 0.1) is 0 Å². The van der Waals surface area contributed by atoms with Gasteiger partial charge in [-0.2, -0.15) is 0 Å². The zero-order valence-electron chi connectivity index (χ0n) is 14.6. The van der Waals surface area contributed by atoms with Gasteiger partial charge in [-0.25, -0.2) is 4.98 Å². The van der Waals surface area contributed by atoms with Gasteiger partial charge < -0.3 is 15.8 Å². The maximum atomic E-state index is 12.6. The first-order valence-electron chi connectivity index (χ1n) is 8.35. The zero-order valence-corrected chi connectivity index (χ0v) is 15.4. The summed E-state index contributed by atoms with van der Waals surface area (Å²) in [5.41, 5.74) is 9.88. The summed E-state index contributed by atoms with van der Waals surface area (Å²) in [6.07, 6.45) is 0.